The number of halogens is 1. The molecule has 0 aromatic heterocycles. The van der Waals surface area contributed by atoms with Gasteiger partial charge in [0.25, 0.3) is 5.91 Å². The van der Waals surface area contributed by atoms with Crippen LogP contribution in [-0.2, 0) is 4.79 Å². The Balaban J connectivity index is 1.73. The zero-order valence-electron chi connectivity index (χ0n) is 17.1. The quantitative estimate of drug-likeness (QED) is 0.669. The van der Waals surface area contributed by atoms with Crippen LogP contribution in [0.3, 0.4) is 0 Å². The number of quaternary nitrogens is 1. The molecule has 3 rings (SSSR count). The van der Waals surface area contributed by atoms with Crippen molar-refractivity contribution in [2.24, 2.45) is 0 Å². The third-order valence-electron chi connectivity index (χ3n) is 6.32. The monoisotopic (exact) mass is 463 g/mol. The number of nitriles is 1. The molecule has 156 valence electrons. The van der Waals surface area contributed by atoms with Crippen molar-refractivity contribution in [2.75, 3.05) is 24.5 Å². The fraction of sp³-hybridized carbons (Fsp3) is 0.571. The van der Waals surface area contributed by atoms with Gasteiger partial charge in [0.15, 0.2) is 6.04 Å². The molecule has 0 aliphatic carbocycles. The number of anilines is 1. The average Bonchev–Trinajstić information content (AvgIpc) is 3.28. The largest absolute Gasteiger partial charge is 0.514 e. The summed E-state index contributed by atoms with van der Waals surface area (Å²) in [6.45, 7) is 7.49. The van der Waals surface area contributed by atoms with Crippen molar-refractivity contribution < 1.29 is 19.2 Å². The molecule has 3 atom stereocenters. The molecule has 1 unspecified atom stereocenters. The molecule has 2 aliphatic rings. The molecule has 1 aromatic rings. The first-order valence-corrected chi connectivity index (χ1v) is 10.8. The van der Waals surface area contributed by atoms with Crippen LogP contribution in [0.25, 0.3) is 0 Å². The summed E-state index contributed by atoms with van der Waals surface area (Å²) >= 11 is 3.39. The maximum Gasteiger partial charge on any atom is 0.514 e. The molecule has 0 spiro atoms. The normalized spacial score (nSPS) is 26.9. The van der Waals surface area contributed by atoms with Crippen molar-refractivity contribution in [2.45, 2.75) is 57.7 Å². The van der Waals surface area contributed by atoms with Gasteiger partial charge < -0.3 is 15.3 Å². The summed E-state index contributed by atoms with van der Waals surface area (Å²) in [5.74, 6) is -0.178. The summed E-state index contributed by atoms with van der Waals surface area (Å²) in [6, 6.07) is 7.20. The van der Waals surface area contributed by atoms with Crippen molar-refractivity contribution in [1.82, 2.24) is 5.32 Å². The topological polar surface area (TPSA) is 93.4 Å². The Morgan fingerprint density at radius 2 is 2.07 bits per heavy atom. The highest BCUT2D eigenvalue weighted by atomic mass is 79.9. The molecule has 0 bridgehead atoms. The summed E-state index contributed by atoms with van der Waals surface area (Å²) in [5, 5.41) is 22.5. The van der Waals surface area contributed by atoms with Gasteiger partial charge in [-0.05, 0) is 45.4 Å². The highest BCUT2D eigenvalue weighted by Crippen LogP contribution is 2.37. The van der Waals surface area contributed by atoms with Gasteiger partial charge in [0.05, 0.1) is 17.8 Å². The minimum absolute atomic E-state index is 0.0612. The first kappa shape index (κ1) is 21.6. The zero-order valence-corrected chi connectivity index (χ0v) is 18.7. The van der Waals surface area contributed by atoms with Gasteiger partial charge in [0.2, 0.25) is 0 Å². The van der Waals surface area contributed by atoms with E-state index in [0.29, 0.717) is 25.1 Å². The second-order valence-electron chi connectivity index (χ2n) is 8.92. The minimum Gasteiger partial charge on any atom is -0.435 e. The number of benzene rings is 1. The molecule has 29 heavy (non-hydrogen) atoms. The smallest absolute Gasteiger partial charge is 0.435 e. The molecule has 2 fully saturated rings. The van der Waals surface area contributed by atoms with Gasteiger partial charge in [-0.15, -0.1) is 0 Å². The molecule has 1 aromatic carbocycles. The molecular weight excluding hydrogens is 436 g/mol. The lowest BCUT2D eigenvalue weighted by Crippen LogP contribution is -2.69. The maximum atomic E-state index is 13.1. The molecule has 7 nitrogen and oxygen atoms in total. The number of nitrogens with one attached hydrogen (secondary N) is 1. The third kappa shape index (κ3) is 3.86. The van der Waals surface area contributed by atoms with E-state index < -0.39 is 17.7 Å². The Hall–Kier alpha value is -2.11. The van der Waals surface area contributed by atoms with Crippen LogP contribution in [0.1, 0.15) is 45.6 Å². The number of hydrogen-bond acceptors (Lipinski definition) is 4. The first-order valence-electron chi connectivity index (χ1n) is 9.96. The Morgan fingerprint density at radius 3 is 2.69 bits per heavy atom. The average molecular weight is 464 g/mol. The van der Waals surface area contributed by atoms with Crippen LogP contribution in [0.5, 0.6) is 0 Å². The Bertz CT molecular complexity index is 860. The van der Waals surface area contributed by atoms with Crippen LogP contribution in [-0.4, -0.2) is 58.8 Å². The number of hydrogen-bond donors (Lipinski definition) is 2. The van der Waals surface area contributed by atoms with Crippen LogP contribution in [0.4, 0.5) is 10.5 Å². The number of rotatable bonds is 3. The number of carboxylic acid groups (broad SMARTS) is 1. The summed E-state index contributed by atoms with van der Waals surface area (Å²) in [7, 11) is 0. The van der Waals surface area contributed by atoms with Crippen molar-refractivity contribution in [3.63, 3.8) is 0 Å². The standard InChI is InChI=1S/C21H27BrN4O3/c1-21(2,3)26(20(28)29)10-4-5-18(26)19(27)24-16-8-9-25(13-16)17-7-6-15(22)11-14(17)12-23/h6-7,11,16,18H,4-5,8-10,13H2,1-3H3,(H-,24,27,28,29)/p+1/t16-,18-,26?/m0/s1. The van der Waals surface area contributed by atoms with E-state index in [-0.39, 0.29) is 16.4 Å². The van der Waals surface area contributed by atoms with Crippen molar-refractivity contribution in [1.29, 1.82) is 5.26 Å². The molecule has 2 N–H and O–H groups in total. The Morgan fingerprint density at radius 1 is 1.34 bits per heavy atom. The molecular formula is C21H28BrN4O3+. The van der Waals surface area contributed by atoms with Gasteiger partial charge in [-0.2, -0.15) is 10.1 Å². The molecule has 2 amide bonds. The van der Waals surface area contributed by atoms with Gasteiger partial charge >= 0.3 is 6.09 Å². The van der Waals surface area contributed by atoms with E-state index in [4.69, 9.17) is 0 Å². The van der Waals surface area contributed by atoms with Gasteiger partial charge in [0, 0.05) is 36.4 Å². The minimum atomic E-state index is -0.934. The molecule has 2 heterocycles. The zero-order chi connectivity index (χ0) is 21.4. The first-order chi connectivity index (χ1) is 13.6. The van der Waals surface area contributed by atoms with Gasteiger partial charge in [0.1, 0.15) is 11.6 Å². The summed E-state index contributed by atoms with van der Waals surface area (Å²) in [6.07, 6.45) is 1.14. The predicted molar refractivity (Wildman–Crippen MR) is 114 cm³/mol. The Kier molecular flexibility index (Phi) is 5.93. The van der Waals surface area contributed by atoms with E-state index in [2.05, 4.69) is 32.2 Å². The highest BCUT2D eigenvalue weighted by Gasteiger charge is 2.59. The molecule has 0 radical (unpaired) electrons. The third-order valence-corrected chi connectivity index (χ3v) is 6.81. The Labute approximate surface area is 180 Å². The lowest BCUT2D eigenvalue weighted by Gasteiger charge is -2.44. The van der Waals surface area contributed by atoms with Crippen LogP contribution in [0.15, 0.2) is 22.7 Å². The number of carbonyl (C=O) groups excluding carboxylic acids is 1. The van der Waals surface area contributed by atoms with Gasteiger partial charge in [-0.25, -0.2) is 4.48 Å². The van der Waals surface area contributed by atoms with E-state index in [1.165, 1.54) is 0 Å². The van der Waals surface area contributed by atoms with E-state index in [1.54, 1.807) is 6.07 Å². The second kappa shape index (κ2) is 7.96. The lowest BCUT2D eigenvalue weighted by molar-refractivity contribution is -0.906. The van der Waals surface area contributed by atoms with Crippen LogP contribution >= 0.6 is 15.9 Å². The van der Waals surface area contributed by atoms with Crippen molar-refractivity contribution in [3.8, 4) is 6.07 Å². The number of carbonyl (C=O) groups is 2. The predicted octanol–water partition coefficient (Wildman–Crippen LogP) is 3.47. The fourth-order valence-electron chi connectivity index (χ4n) is 4.83. The van der Waals surface area contributed by atoms with Crippen LogP contribution in [0.2, 0.25) is 0 Å². The molecule has 0 saturated carbocycles. The van der Waals surface area contributed by atoms with E-state index >= 15 is 0 Å². The molecule has 8 heteroatoms. The van der Waals surface area contributed by atoms with Crippen molar-refractivity contribution >= 4 is 33.6 Å². The number of nitrogens with zero attached hydrogens (tertiary/aromatic N) is 3. The summed E-state index contributed by atoms with van der Waals surface area (Å²) in [5.41, 5.74) is 0.889. The number of amides is 2. The molecule has 2 aliphatic heterocycles. The van der Waals surface area contributed by atoms with Gasteiger partial charge in [-0.1, -0.05) is 15.9 Å². The summed E-state index contributed by atoms with van der Waals surface area (Å²) in [4.78, 5) is 27.4. The molecule has 2 saturated heterocycles. The second-order valence-corrected chi connectivity index (χ2v) is 9.83. The lowest BCUT2D eigenvalue weighted by atomic mass is 9.99. The SMILES string of the molecule is CC(C)(C)[N+]1(C(=O)O)CCC[C@H]1C(=O)N[C@H]1CCN(c2ccc(Br)cc2C#N)C1. The highest BCUT2D eigenvalue weighted by molar-refractivity contribution is 9.10. The number of likely N-dealkylation sites (tertiary alicyclic amines) is 1. The van der Waals surface area contributed by atoms with Crippen molar-refractivity contribution in [3.05, 3.63) is 28.2 Å². The van der Waals surface area contributed by atoms with Gasteiger partial charge in [-0.3, -0.25) is 4.79 Å². The van der Waals surface area contributed by atoms with E-state index in [9.17, 15) is 20.0 Å². The maximum absolute atomic E-state index is 13.1. The van der Waals surface area contributed by atoms with Crippen LogP contribution < -0.4 is 10.2 Å². The van der Waals surface area contributed by atoms with Crippen LogP contribution in [0, 0.1) is 11.3 Å². The fourth-order valence-corrected chi connectivity index (χ4v) is 5.19. The van der Waals surface area contributed by atoms with E-state index in [0.717, 1.165) is 29.5 Å². The van der Waals surface area contributed by atoms with E-state index in [1.807, 2.05) is 32.9 Å². The summed E-state index contributed by atoms with van der Waals surface area (Å²) < 4.78 is 0.633.